The van der Waals surface area contributed by atoms with Gasteiger partial charge in [-0.25, -0.2) is 9.18 Å². The molecule has 0 unspecified atom stereocenters. The number of rotatable bonds is 8. The molecule has 3 rings (SSSR count). The molecule has 0 amide bonds. The highest BCUT2D eigenvalue weighted by Crippen LogP contribution is 2.25. The molecule has 0 fully saturated rings. The standard InChI is InChI=1S/C22H21FN2O2/c23-17-8-10-18(11-9-17)25-21-15-19(12-13-20(21)22(26)27)24-14-4-7-16-5-2-1-3-6-16/h1-3,5-6,8-13,15,24-25H,4,7,14H2,(H,26,27). The Hall–Kier alpha value is -3.34. The Morgan fingerprint density at radius 2 is 1.63 bits per heavy atom. The largest absolute Gasteiger partial charge is 0.478 e. The van der Waals surface area contributed by atoms with Crippen molar-refractivity contribution in [1.82, 2.24) is 0 Å². The first-order valence-corrected chi connectivity index (χ1v) is 8.79. The van der Waals surface area contributed by atoms with Gasteiger partial charge in [0.25, 0.3) is 0 Å². The van der Waals surface area contributed by atoms with Crippen LogP contribution >= 0.6 is 0 Å². The molecule has 3 N–H and O–H groups in total. The van der Waals surface area contributed by atoms with Gasteiger partial charge in [0.05, 0.1) is 11.3 Å². The van der Waals surface area contributed by atoms with Crippen molar-refractivity contribution in [2.75, 3.05) is 17.2 Å². The monoisotopic (exact) mass is 364 g/mol. The van der Waals surface area contributed by atoms with Gasteiger partial charge in [-0.2, -0.15) is 0 Å². The molecule has 3 aromatic rings. The van der Waals surface area contributed by atoms with Gasteiger partial charge in [0.1, 0.15) is 5.82 Å². The van der Waals surface area contributed by atoms with Gasteiger partial charge in [-0.1, -0.05) is 30.3 Å². The SMILES string of the molecule is O=C(O)c1ccc(NCCCc2ccccc2)cc1Nc1ccc(F)cc1. The molecule has 0 aliphatic heterocycles. The summed E-state index contributed by atoms with van der Waals surface area (Å²) in [5, 5.41) is 15.8. The van der Waals surface area contributed by atoms with Gasteiger partial charge in [-0.3, -0.25) is 0 Å². The van der Waals surface area contributed by atoms with Gasteiger partial charge in [0.2, 0.25) is 0 Å². The number of benzene rings is 3. The molecular formula is C22H21FN2O2. The minimum absolute atomic E-state index is 0.161. The number of hydrogen-bond acceptors (Lipinski definition) is 3. The Kier molecular flexibility index (Phi) is 6.05. The lowest BCUT2D eigenvalue weighted by Crippen LogP contribution is -2.06. The van der Waals surface area contributed by atoms with Crippen LogP contribution in [-0.4, -0.2) is 17.6 Å². The van der Waals surface area contributed by atoms with E-state index in [2.05, 4.69) is 22.8 Å². The first kappa shape index (κ1) is 18.5. The van der Waals surface area contributed by atoms with Gasteiger partial charge in [0.15, 0.2) is 0 Å². The van der Waals surface area contributed by atoms with Gasteiger partial charge in [0, 0.05) is 17.9 Å². The first-order valence-electron chi connectivity index (χ1n) is 8.79. The molecule has 0 spiro atoms. The smallest absolute Gasteiger partial charge is 0.337 e. The maximum Gasteiger partial charge on any atom is 0.337 e. The Balaban J connectivity index is 1.65. The molecule has 0 radical (unpaired) electrons. The van der Waals surface area contributed by atoms with Crippen molar-refractivity contribution in [3.63, 3.8) is 0 Å². The molecular weight excluding hydrogens is 343 g/mol. The van der Waals surface area contributed by atoms with Crippen LogP contribution in [0.25, 0.3) is 0 Å². The summed E-state index contributed by atoms with van der Waals surface area (Å²) >= 11 is 0. The molecule has 0 aromatic heterocycles. The highest BCUT2D eigenvalue weighted by atomic mass is 19.1. The highest BCUT2D eigenvalue weighted by Gasteiger charge is 2.11. The fraction of sp³-hybridized carbons (Fsp3) is 0.136. The van der Waals surface area contributed by atoms with Crippen LogP contribution < -0.4 is 10.6 Å². The lowest BCUT2D eigenvalue weighted by atomic mass is 10.1. The van der Waals surface area contributed by atoms with Crippen LogP contribution in [-0.2, 0) is 6.42 Å². The first-order chi connectivity index (χ1) is 13.1. The number of carboxylic acid groups (broad SMARTS) is 1. The average molecular weight is 364 g/mol. The van der Waals surface area contributed by atoms with Crippen LogP contribution in [0.15, 0.2) is 72.8 Å². The second-order valence-corrected chi connectivity index (χ2v) is 6.21. The number of aromatic carboxylic acids is 1. The number of anilines is 3. The Morgan fingerprint density at radius 1 is 0.926 bits per heavy atom. The summed E-state index contributed by atoms with van der Waals surface area (Å²) in [6, 6.07) is 21.1. The van der Waals surface area contributed by atoms with E-state index in [0.717, 1.165) is 25.1 Å². The average Bonchev–Trinajstić information content (AvgIpc) is 2.68. The third kappa shape index (κ3) is 5.31. The zero-order valence-electron chi connectivity index (χ0n) is 14.8. The van der Waals surface area contributed by atoms with Crippen LogP contribution in [0.3, 0.4) is 0 Å². The van der Waals surface area contributed by atoms with E-state index in [1.54, 1.807) is 30.3 Å². The Morgan fingerprint density at radius 3 is 2.33 bits per heavy atom. The van der Waals surface area contributed by atoms with E-state index < -0.39 is 5.97 Å². The van der Waals surface area contributed by atoms with E-state index in [1.165, 1.54) is 17.7 Å². The van der Waals surface area contributed by atoms with Crippen LogP contribution in [0, 0.1) is 5.82 Å². The second-order valence-electron chi connectivity index (χ2n) is 6.21. The summed E-state index contributed by atoms with van der Waals surface area (Å²) in [7, 11) is 0. The molecule has 0 aliphatic carbocycles. The van der Waals surface area contributed by atoms with Crippen molar-refractivity contribution in [3.05, 3.63) is 89.7 Å². The molecule has 3 aromatic carbocycles. The Labute approximate surface area is 157 Å². The van der Waals surface area contributed by atoms with Crippen molar-refractivity contribution < 1.29 is 14.3 Å². The predicted molar refractivity (Wildman–Crippen MR) is 106 cm³/mol. The maximum atomic E-state index is 13.1. The van der Waals surface area contributed by atoms with Crippen molar-refractivity contribution in [1.29, 1.82) is 0 Å². The van der Waals surface area contributed by atoms with E-state index in [1.807, 2.05) is 18.2 Å². The summed E-state index contributed by atoms with van der Waals surface area (Å²) in [5.41, 5.74) is 3.37. The zero-order valence-corrected chi connectivity index (χ0v) is 14.8. The van der Waals surface area contributed by atoms with Crippen LogP contribution in [0.5, 0.6) is 0 Å². The van der Waals surface area contributed by atoms with Gasteiger partial charge < -0.3 is 15.7 Å². The third-order valence-electron chi connectivity index (χ3n) is 4.19. The summed E-state index contributed by atoms with van der Waals surface area (Å²) in [6.45, 7) is 0.775. The van der Waals surface area contributed by atoms with E-state index >= 15 is 0 Å². The molecule has 4 nitrogen and oxygen atoms in total. The van der Waals surface area contributed by atoms with E-state index in [4.69, 9.17) is 0 Å². The van der Waals surface area contributed by atoms with E-state index in [-0.39, 0.29) is 11.4 Å². The van der Waals surface area contributed by atoms with Gasteiger partial charge >= 0.3 is 5.97 Å². The molecule has 27 heavy (non-hydrogen) atoms. The van der Waals surface area contributed by atoms with Crippen LogP contribution in [0.2, 0.25) is 0 Å². The van der Waals surface area contributed by atoms with Crippen molar-refractivity contribution >= 4 is 23.0 Å². The normalized spacial score (nSPS) is 10.4. The fourth-order valence-corrected chi connectivity index (χ4v) is 2.80. The zero-order chi connectivity index (χ0) is 19.1. The summed E-state index contributed by atoms with van der Waals surface area (Å²) < 4.78 is 13.1. The van der Waals surface area contributed by atoms with Gasteiger partial charge in [-0.15, -0.1) is 0 Å². The van der Waals surface area contributed by atoms with Gasteiger partial charge in [-0.05, 0) is 60.9 Å². The predicted octanol–water partition coefficient (Wildman–Crippen LogP) is 5.31. The number of carbonyl (C=O) groups is 1. The molecule has 0 aliphatic rings. The fourth-order valence-electron chi connectivity index (χ4n) is 2.80. The summed E-state index contributed by atoms with van der Waals surface area (Å²) in [4.78, 5) is 11.5. The number of nitrogens with one attached hydrogen (secondary N) is 2. The van der Waals surface area contributed by atoms with E-state index in [0.29, 0.717) is 11.4 Å². The van der Waals surface area contributed by atoms with Crippen LogP contribution in [0.4, 0.5) is 21.5 Å². The van der Waals surface area contributed by atoms with Crippen molar-refractivity contribution in [2.24, 2.45) is 0 Å². The maximum absolute atomic E-state index is 13.1. The van der Waals surface area contributed by atoms with E-state index in [9.17, 15) is 14.3 Å². The molecule has 0 bridgehead atoms. The molecule has 0 saturated heterocycles. The van der Waals surface area contributed by atoms with Crippen molar-refractivity contribution in [2.45, 2.75) is 12.8 Å². The summed E-state index contributed by atoms with van der Waals surface area (Å²) in [5.74, 6) is -1.36. The third-order valence-corrected chi connectivity index (χ3v) is 4.19. The molecule has 0 saturated carbocycles. The molecule has 138 valence electrons. The summed E-state index contributed by atoms with van der Waals surface area (Å²) in [6.07, 6.45) is 1.94. The molecule has 0 atom stereocenters. The minimum Gasteiger partial charge on any atom is -0.478 e. The lowest BCUT2D eigenvalue weighted by Gasteiger charge is -2.13. The van der Waals surface area contributed by atoms with Crippen LogP contribution in [0.1, 0.15) is 22.3 Å². The number of aryl methyl sites for hydroxylation is 1. The topological polar surface area (TPSA) is 61.4 Å². The van der Waals surface area contributed by atoms with Crippen molar-refractivity contribution in [3.8, 4) is 0 Å². The second kappa shape index (κ2) is 8.85. The number of halogens is 1. The quantitative estimate of drug-likeness (QED) is 0.474. The molecule has 0 heterocycles. The number of carboxylic acids is 1. The molecule has 5 heteroatoms. The minimum atomic E-state index is -1.02. The highest BCUT2D eigenvalue weighted by molar-refractivity contribution is 5.96. The Bertz CT molecular complexity index is 896. The number of hydrogen-bond donors (Lipinski definition) is 3. The lowest BCUT2D eigenvalue weighted by molar-refractivity contribution is 0.0698.